The molecule has 0 fully saturated rings. The predicted molar refractivity (Wildman–Crippen MR) is 116 cm³/mol. The van der Waals surface area contributed by atoms with Crippen molar-refractivity contribution >= 4 is 28.9 Å². The lowest BCUT2D eigenvalue weighted by Gasteiger charge is -2.15. The third-order valence-corrected chi connectivity index (χ3v) is 5.26. The van der Waals surface area contributed by atoms with E-state index >= 15 is 0 Å². The summed E-state index contributed by atoms with van der Waals surface area (Å²) >= 11 is 7.32. The van der Waals surface area contributed by atoms with Crippen molar-refractivity contribution in [3.63, 3.8) is 0 Å². The lowest BCUT2D eigenvalue weighted by Crippen LogP contribution is -2.40. The number of benzene rings is 1. The molecule has 0 saturated heterocycles. The molecule has 8 heteroatoms. The molecule has 1 unspecified atom stereocenters. The van der Waals surface area contributed by atoms with Crippen LogP contribution in [-0.2, 0) is 11.3 Å². The Labute approximate surface area is 175 Å². The largest absolute Gasteiger partial charge is 0.497 e. The molecular weight excluding hydrogens is 398 g/mol. The van der Waals surface area contributed by atoms with E-state index in [9.17, 15) is 5.11 Å². The molecule has 0 amide bonds. The maximum absolute atomic E-state index is 10.3. The van der Waals surface area contributed by atoms with Gasteiger partial charge in [0.15, 0.2) is 5.96 Å². The predicted octanol–water partition coefficient (Wildman–Crippen LogP) is 3.61. The van der Waals surface area contributed by atoms with Crippen LogP contribution in [0.2, 0.25) is 4.34 Å². The van der Waals surface area contributed by atoms with Crippen LogP contribution in [0, 0.1) is 0 Å². The quantitative estimate of drug-likeness (QED) is 0.291. The van der Waals surface area contributed by atoms with E-state index in [0.29, 0.717) is 36.6 Å². The first-order chi connectivity index (χ1) is 13.6. The molecule has 0 aliphatic heterocycles. The molecule has 1 atom stereocenters. The number of thiophene rings is 1. The minimum absolute atomic E-state index is 0.344. The molecule has 154 valence electrons. The first-order valence-corrected chi connectivity index (χ1v) is 10.5. The van der Waals surface area contributed by atoms with Crippen LogP contribution in [0.5, 0.6) is 5.75 Å². The monoisotopic (exact) mass is 425 g/mol. The van der Waals surface area contributed by atoms with Crippen LogP contribution in [0.4, 0.5) is 0 Å². The first kappa shape index (κ1) is 22.5. The van der Waals surface area contributed by atoms with Crippen LogP contribution in [0.15, 0.2) is 41.4 Å². The average molecular weight is 426 g/mol. The number of nitrogens with zero attached hydrogens (tertiary/aromatic N) is 1. The molecule has 0 bridgehead atoms. The highest BCUT2D eigenvalue weighted by molar-refractivity contribution is 7.16. The van der Waals surface area contributed by atoms with Gasteiger partial charge in [-0.2, -0.15) is 0 Å². The summed E-state index contributed by atoms with van der Waals surface area (Å²) in [5, 5.41) is 16.8. The van der Waals surface area contributed by atoms with Crippen molar-refractivity contribution < 1.29 is 14.6 Å². The van der Waals surface area contributed by atoms with Crippen molar-refractivity contribution in [2.45, 2.75) is 26.0 Å². The van der Waals surface area contributed by atoms with E-state index in [0.717, 1.165) is 29.2 Å². The molecule has 0 aliphatic carbocycles. The summed E-state index contributed by atoms with van der Waals surface area (Å²) in [7, 11) is 1.65. The molecule has 0 aliphatic rings. The van der Waals surface area contributed by atoms with Gasteiger partial charge in [0.05, 0.1) is 18.0 Å². The number of rotatable bonds is 11. The van der Waals surface area contributed by atoms with Gasteiger partial charge in [-0.05, 0) is 43.2 Å². The van der Waals surface area contributed by atoms with Crippen molar-refractivity contribution in [3.8, 4) is 5.75 Å². The van der Waals surface area contributed by atoms with Crippen LogP contribution in [0.3, 0.4) is 0 Å². The summed E-state index contributed by atoms with van der Waals surface area (Å²) in [4.78, 5) is 5.44. The van der Waals surface area contributed by atoms with Gasteiger partial charge in [0.1, 0.15) is 11.9 Å². The SMILES string of the molecule is CCOCCCNC(=NCc1ccc(OC)cc1)NCC(O)c1ccc(Cl)s1. The Balaban J connectivity index is 1.92. The third kappa shape index (κ3) is 8.06. The van der Waals surface area contributed by atoms with Crippen molar-refractivity contribution in [1.82, 2.24) is 10.6 Å². The van der Waals surface area contributed by atoms with Gasteiger partial charge in [-0.15, -0.1) is 11.3 Å². The molecule has 28 heavy (non-hydrogen) atoms. The third-order valence-electron chi connectivity index (χ3n) is 3.93. The van der Waals surface area contributed by atoms with Gasteiger partial charge in [0.2, 0.25) is 0 Å². The lowest BCUT2D eigenvalue weighted by molar-refractivity contribution is 0.145. The summed E-state index contributed by atoms with van der Waals surface area (Å²) < 4.78 is 11.2. The smallest absolute Gasteiger partial charge is 0.191 e. The fraction of sp³-hybridized carbons (Fsp3) is 0.450. The van der Waals surface area contributed by atoms with E-state index in [4.69, 9.17) is 21.1 Å². The number of methoxy groups -OCH3 is 1. The standard InChI is InChI=1S/C20H28ClN3O3S/c1-3-27-12-4-11-22-20(23-13-15-5-7-16(26-2)8-6-15)24-14-17(25)18-9-10-19(21)28-18/h5-10,17,25H,3-4,11-14H2,1-2H3,(H2,22,23,24). The van der Waals surface area contributed by atoms with Gasteiger partial charge >= 0.3 is 0 Å². The zero-order valence-corrected chi connectivity index (χ0v) is 17.9. The number of halogens is 1. The zero-order chi connectivity index (χ0) is 20.2. The first-order valence-electron chi connectivity index (χ1n) is 9.28. The molecular formula is C20H28ClN3O3S. The molecule has 1 aromatic heterocycles. The summed E-state index contributed by atoms with van der Waals surface area (Å²) in [6.07, 6.45) is 0.231. The fourth-order valence-corrected chi connectivity index (χ4v) is 3.45. The van der Waals surface area contributed by atoms with E-state index in [1.165, 1.54) is 11.3 Å². The molecule has 3 N–H and O–H groups in total. The highest BCUT2D eigenvalue weighted by atomic mass is 35.5. The van der Waals surface area contributed by atoms with Crippen LogP contribution in [0.25, 0.3) is 0 Å². The minimum Gasteiger partial charge on any atom is -0.497 e. The summed E-state index contributed by atoms with van der Waals surface area (Å²) in [5.74, 6) is 1.46. The van der Waals surface area contributed by atoms with Gasteiger partial charge < -0.3 is 25.2 Å². The Hall–Kier alpha value is -1.80. The molecule has 1 aromatic carbocycles. The van der Waals surface area contributed by atoms with E-state index in [1.54, 1.807) is 13.2 Å². The number of aliphatic hydroxyl groups is 1. The van der Waals surface area contributed by atoms with Gasteiger partial charge in [-0.25, -0.2) is 4.99 Å². The second-order valence-electron chi connectivity index (χ2n) is 6.03. The van der Waals surface area contributed by atoms with Gasteiger partial charge in [-0.3, -0.25) is 0 Å². The van der Waals surface area contributed by atoms with Gasteiger partial charge in [0.25, 0.3) is 0 Å². The Kier molecular flexibility index (Phi) is 10.1. The number of aliphatic hydroxyl groups excluding tert-OH is 1. The average Bonchev–Trinajstić information content (AvgIpc) is 3.16. The Morgan fingerprint density at radius 3 is 2.64 bits per heavy atom. The molecule has 0 saturated carbocycles. The normalized spacial score (nSPS) is 12.6. The number of aliphatic imine (C=N–C) groups is 1. The molecule has 6 nitrogen and oxygen atoms in total. The maximum atomic E-state index is 10.3. The Morgan fingerprint density at radius 1 is 1.21 bits per heavy atom. The Morgan fingerprint density at radius 2 is 2.00 bits per heavy atom. The number of guanidine groups is 1. The fourth-order valence-electron chi connectivity index (χ4n) is 2.40. The maximum Gasteiger partial charge on any atom is 0.191 e. The van der Waals surface area contributed by atoms with E-state index < -0.39 is 6.10 Å². The Bertz CT molecular complexity index is 722. The lowest BCUT2D eigenvalue weighted by atomic mass is 10.2. The van der Waals surface area contributed by atoms with E-state index in [2.05, 4.69) is 15.6 Å². The molecule has 1 heterocycles. The second-order valence-corrected chi connectivity index (χ2v) is 7.78. The number of hydrogen-bond donors (Lipinski definition) is 3. The molecule has 2 aromatic rings. The summed E-state index contributed by atoms with van der Waals surface area (Å²) in [6.45, 7) is 4.99. The van der Waals surface area contributed by atoms with Crippen molar-refractivity contribution in [3.05, 3.63) is 51.2 Å². The van der Waals surface area contributed by atoms with Crippen molar-refractivity contribution in [2.24, 2.45) is 4.99 Å². The molecule has 0 spiro atoms. The molecule has 2 rings (SSSR count). The number of ether oxygens (including phenoxy) is 2. The van der Waals surface area contributed by atoms with Gasteiger partial charge in [-0.1, -0.05) is 23.7 Å². The highest BCUT2D eigenvalue weighted by Gasteiger charge is 2.11. The summed E-state index contributed by atoms with van der Waals surface area (Å²) in [6, 6.07) is 11.4. The van der Waals surface area contributed by atoms with Crippen molar-refractivity contribution in [2.75, 3.05) is 33.4 Å². The molecule has 0 radical (unpaired) electrons. The number of nitrogens with one attached hydrogen (secondary N) is 2. The van der Waals surface area contributed by atoms with Crippen LogP contribution in [-0.4, -0.2) is 44.5 Å². The minimum atomic E-state index is -0.645. The second kappa shape index (κ2) is 12.6. The van der Waals surface area contributed by atoms with Crippen molar-refractivity contribution in [1.29, 1.82) is 0 Å². The van der Waals surface area contributed by atoms with Gasteiger partial charge in [0, 0.05) is 31.2 Å². The van der Waals surface area contributed by atoms with E-state index in [1.807, 2.05) is 37.3 Å². The van der Waals surface area contributed by atoms with E-state index in [-0.39, 0.29) is 0 Å². The van der Waals surface area contributed by atoms with Crippen LogP contribution in [0.1, 0.15) is 29.9 Å². The van der Waals surface area contributed by atoms with Crippen LogP contribution < -0.4 is 15.4 Å². The van der Waals surface area contributed by atoms with Crippen LogP contribution >= 0.6 is 22.9 Å². The topological polar surface area (TPSA) is 75.1 Å². The highest BCUT2D eigenvalue weighted by Crippen LogP contribution is 2.26. The zero-order valence-electron chi connectivity index (χ0n) is 16.3. The number of hydrogen-bond acceptors (Lipinski definition) is 5. The summed E-state index contributed by atoms with van der Waals surface area (Å²) in [5.41, 5.74) is 1.07.